The minimum absolute atomic E-state index is 0.0359. The van der Waals surface area contributed by atoms with Gasteiger partial charge in [-0.2, -0.15) is 0 Å². The predicted octanol–water partition coefficient (Wildman–Crippen LogP) is 4.97. The highest BCUT2D eigenvalue weighted by Crippen LogP contribution is 2.71. The summed E-state index contributed by atoms with van der Waals surface area (Å²) in [7, 11) is 0. The summed E-state index contributed by atoms with van der Waals surface area (Å²) >= 11 is 0. The number of fused-ring (bicyclic) bond motifs is 3. The quantitative estimate of drug-likeness (QED) is 0.428. The van der Waals surface area contributed by atoms with E-state index in [0.29, 0.717) is 28.8 Å². The number of allylic oxidation sites excluding steroid dienone is 2. The van der Waals surface area contributed by atoms with E-state index in [1.54, 1.807) is 0 Å². The minimum Gasteiger partial charge on any atom is -0.481 e. The average molecular weight is 375 g/mol. The molecule has 0 saturated heterocycles. The third-order valence-corrected chi connectivity index (χ3v) is 8.90. The van der Waals surface area contributed by atoms with Gasteiger partial charge in [-0.1, -0.05) is 39.3 Å². The van der Waals surface area contributed by atoms with Crippen LogP contribution in [-0.4, -0.2) is 23.7 Å². The molecular formula is C23H34O4. The maximum Gasteiger partial charge on any atom is 0.317 e. The molecule has 0 amide bonds. The number of hydrogen-bond donors (Lipinski definition) is 1. The predicted molar refractivity (Wildman–Crippen MR) is 103 cm³/mol. The second kappa shape index (κ2) is 6.09. The van der Waals surface area contributed by atoms with Crippen molar-refractivity contribution in [2.24, 2.45) is 33.5 Å². The molecule has 4 aliphatic rings. The van der Waals surface area contributed by atoms with Crippen molar-refractivity contribution < 1.29 is 19.4 Å². The summed E-state index contributed by atoms with van der Waals surface area (Å²) < 4.78 is 5.47. The van der Waals surface area contributed by atoms with Crippen LogP contribution in [0, 0.1) is 33.5 Å². The van der Waals surface area contributed by atoms with Crippen LogP contribution in [0.25, 0.3) is 0 Å². The number of carbonyl (C=O) groups is 2. The van der Waals surface area contributed by atoms with E-state index in [4.69, 9.17) is 9.84 Å². The van der Waals surface area contributed by atoms with Gasteiger partial charge in [-0.05, 0) is 73.0 Å². The van der Waals surface area contributed by atoms with E-state index in [2.05, 4.69) is 32.9 Å². The Labute approximate surface area is 162 Å². The van der Waals surface area contributed by atoms with Crippen molar-refractivity contribution in [3.05, 3.63) is 12.2 Å². The molecule has 0 aromatic rings. The van der Waals surface area contributed by atoms with Gasteiger partial charge < -0.3 is 9.84 Å². The Bertz CT molecular complexity index is 684. The lowest BCUT2D eigenvalue weighted by Gasteiger charge is -2.64. The molecule has 2 bridgehead atoms. The third-order valence-electron chi connectivity index (χ3n) is 8.90. The number of rotatable bonds is 4. The summed E-state index contributed by atoms with van der Waals surface area (Å²) in [6.45, 7) is 7.58. The van der Waals surface area contributed by atoms with E-state index in [9.17, 15) is 9.59 Å². The second-order valence-electron chi connectivity index (χ2n) is 10.8. The van der Waals surface area contributed by atoms with Crippen molar-refractivity contribution in [3.8, 4) is 0 Å². The number of carbonyl (C=O) groups excluding carboxylic acids is 1. The average Bonchev–Trinajstić information content (AvgIpc) is 2.82. The molecule has 0 unspecified atom stereocenters. The van der Waals surface area contributed by atoms with Crippen molar-refractivity contribution in [1.82, 2.24) is 0 Å². The Hall–Kier alpha value is -1.32. The van der Waals surface area contributed by atoms with Gasteiger partial charge in [0.05, 0.1) is 6.61 Å². The van der Waals surface area contributed by atoms with Gasteiger partial charge >= 0.3 is 11.9 Å². The molecule has 0 heterocycles. The van der Waals surface area contributed by atoms with Crippen LogP contribution in [0.15, 0.2) is 12.2 Å². The molecule has 6 atom stereocenters. The molecule has 4 nitrogen and oxygen atoms in total. The van der Waals surface area contributed by atoms with Crippen molar-refractivity contribution in [1.29, 1.82) is 0 Å². The first-order valence-electron chi connectivity index (χ1n) is 10.7. The minimum atomic E-state index is -1.11. The molecule has 4 heteroatoms. The Morgan fingerprint density at radius 2 is 1.78 bits per heavy atom. The SMILES string of the molecule is C[C@]12C=C[C@@]3(CC[C@@H]4[C@@](C)(COC(=O)CC(=O)O)CCC[C@@]4(C)[C@@H]3CC1)C2. The van der Waals surface area contributed by atoms with Crippen molar-refractivity contribution in [2.75, 3.05) is 6.61 Å². The summed E-state index contributed by atoms with van der Waals surface area (Å²) in [6, 6.07) is 0. The number of esters is 1. The summed E-state index contributed by atoms with van der Waals surface area (Å²) in [6.07, 6.45) is 14.4. The zero-order valence-corrected chi connectivity index (χ0v) is 17.1. The third kappa shape index (κ3) is 2.94. The van der Waals surface area contributed by atoms with E-state index in [1.165, 1.54) is 44.9 Å². The van der Waals surface area contributed by atoms with Gasteiger partial charge in [0.25, 0.3) is 0 Å². The lowest BCUT2D eigenvalue weighted by atomic mass is 9.40. The summed E-state index contributed by atoms with van der Waals surface area (Å²) in [5.41, 5.74) is 1.05. The highest BCUT2D eigenvalue weighted by molar-refractivity contribution is 5.90. The maximum absolute atomic E-state index is 11.8. The van der Waals surface area contributed by atoms with Gasteiger partial charge in [0.1, 0.15) is 6.42 Å². The first-order valence-corrected chi connectivity index (χ1v) is 10.7. The monoisotopic (exact) mass is 374 g/mol. The molecule has 3 fully saturated rings. The van der Waals surface area contributed by atoms with Gasteiger partial charge in [-0.3, -0.25) is 9.59 Å². The Morgan fingerprint density at radius 3 is 2.52 bits per heavy atom. The fourth-order valence-corrected chi connectivity index (χ4v) is 7.86. The van der Waals surface area contributed by atoms with Gasteiger partial charge in [0.2, 0.25) is 0 Å². The zero-order chi connectivity index (χ0) is 19.5. The molecule has 4 rings (SSSR count). The molecule has 0 aromatic carbocycles. The van der Waals surface area contributed by atoms with Crippen LogP contribution in [0.2, 0.25) is 0 Å². The Balaban J connectivity index is 1.55. The first-order chi connectivity index (χ1) is 12.6. The number of aliphatic carboxylic acids is 1. The number of ether oxygens (including phenoxy) is 1. The molecule has 1 spiro atoms. The van der Waals surface area contributed by atoms with Crippen molar-refractivity contribution in [2.45, 2.75) is 78.6 Å². The zero-order valence-electron chi connectivity index (χ0n) is 17.1. The molecule has 3 saturated carbocycles. The molecule has 0 aliphatic heterocycles. The summed E-state index contributed by atoms with van der Waals surface area (Å²) in [5, 5.41) is 8.82. The highest BCUT2D eigenvalue weighted by atomic mass is 16.5. The number of carboxylic acid groups (broad SMARTS) is 1. The summed E-state index contributed by atoms with van der Waals surface area (Å²) in [5.74, 6) is -0.442. The van der Waals surface area contributed by atoms with E-state index >= 15 is 0 Å². The van der Waals surface area contributed by atoms with E-state index < -0.39 is 18.4 Å². The molecule has 0 radical (unpaired) electrons. The van der Waals surface area contributed by atoms with Gasteiger partial charge in [-0.25, -0.2) is 0 Å². The molecule has 150 valence electrons. The van der Waals surface area contributed by atoms with Crippen LogP contribution in [-0.2, 0) is 14.3 Å². The first kappa shape index (κ1) is 19.0. The second-order valence-corrected chi connectivity index (χ2v) is 10.8. The largest absolute Gasteiger partial charge is 0.481 e. The van der Waals surface area contributed by atoms with Crippen LogP contribution in [0.5, 0.6) is 0 Å². The smallest absolute Gasteiger partial charge is 0.317 e. The Morgan fingerprint density at radius 1 is 1.04 bits per heavy atom. The molecular weight excluding hydrogens is 340 g/mol. The molecule has 1 N–H and O–H groups in total. The topological polar surface area (TPSA) is 63.6 Å². The van der Waals surface area contributed by atoms with Gasteiger partial charge in [-0.15, -0.1) is 0 Å². The lowest BCUT2D eigenvalue weighted by Crippen LogP contribution is -2.58. The van der Waals surface area contributed by atoms with Gasteiger partial charge in [0, 0.05) is 5.41 Å². The summed E-state index contributed by atoms with van der Waals surface area (Å²) in [4.78, 5) is 22.6. The van der Waals surface area contributed by atoms with E-state index in [0.717, 1.165) is 12.3 Å². The van der Waals surface area contributed by atoms with Crippen LogP contribution in [0.1, 0.15) is 78.6 Å². The van der Waals surface area contributed by atoms with Crippen LogP contribution < -0.4 is 0 Å². The van der Waals surface area contributed by atoms with Crippen molar-refractivity contribution >= 4 is 11.9 Å². The molecule has 27 heavy (non-hydrogen) atoms. The standard InChI is InChI=1S/C23H34O4/c1-20-9-5-17-22(3)8-4-7-21(2,15-27-19(26)13-18(24)25)16(22)6-10-23(17,14-20)12-11-20/h11-12,16-17H,4-10,13-15H2,1-3H3,(H,24,25)/t16-,17+,20-,21-,22-,23+/m1/s1. The number of carboxylic acids is 1. The Kier molecular flexibility index (Phi) is 4.29. The van der Waals surface area contributed by atoms with Gasteiger partial charge in [0.15, 0.2) is 0 Å². The highest BCUT2D eigenvalue weighted by Gasteiger charge is 2.63. The fourth-order valence-electron chi connectivity index (χ4n) is 7.86. The molecule has 4 aliphatic carbocycles. The molecule has 0 aromatic heterocycles. The van der Waals surface area contributed by atoms with Crippen molar-refractivity contribution in [3.63, 3.8) is 0 Å². The fraction of sp³-hybridized carbons (Fsp3) is 0.826. The van der Waals surface area contributed by atoms with E-state index in [-0.39, 0.29) is 5.41 Å². The normalized spacial score (nSPS) is 47.8. The van der Waals surface area contributed by atoms with Crippen LogP contribution in [0.3, 0.4) is 0 Å². The van der Waals surface area contributed by atoms with E-state index in [1.807, 2.05) is 0 Å². The maximum atomic E-state index is 11.8. The lowest BCUT2D eigenvalue weighted by molar-refractivity contribution is -0.173. The number of hydrogen-bond acceptors (Lipinski definition) is 3. The van der Waals surface area contributed by atoms with Crippen LogP contribution >= 0.6 is 0 Å². The van der Waals surface area contributed by atoms with Crippen LogP contribution in [0.4, 0.5) is 0 Å².